The molecule has 1 rings (SSSR count). The lowest BCUT2D eigenvalue weighted by atomic mass is 10.1. The minimum absolute atomic E-state index is 0.138. The molecule has 0 saturated carbocycles. The van der Waals surface area contributed by atoms with Gasteiger partial charge in [0.15, 0.2) is 17.8 Å². The van der Waals surface area contributed by atoms with Crippen LogP contribution in [0.15, 0.2) is 12.1 Å². The third-order valence-electron chi connectivity index (χ3n) is 1.88. The van der Waals surface area contributed by atoms with E-state index in [-0.39, 0.29) is 6.61 Å². The molecule has 4 nitrogen and oxygen atoms in total. The number of ether oxygens (including phenoxy) is 2. The van der Waals surface area contributed by atoms with Gasteiger partial charge in [-0.1, -0.05) is 0 Å². The molecular weight excluding hydrogens is 184 g/mol. The first-order valence-electron chi connectivity index (χ1n) is 4.07. The number of methoxy groups -OCH3 is 2. The Bertz CT molecular complexity index is 333. The average molecular weight is 196 g/mol. The minimum atomic E-state index is -0.138. The summed E-state index contributed by atoms with van der Waals surface area (Å²) >= 11 is 0. The monoisotopic (exact) mass is 196 g/mol. The Morgan fingerprint density at radius 1 is 1.36 bits per heavy atom. The molecule has 0 bridgehead atoms. The SMILES string of the molecule is COc1cc(CO)cc(C=O)c1OC. The van der Waals surface area contributed by atoms with Crippen LogP contribution < -0.4 is 9.47 Å². The molecule has 0 unspecified atom stereocenters. The molecular formula is C10H12O4. The van der Waals surface area contributed by atoms with Crippen LogP contribution in [0.3, 0.4) is 0 Å². The second-order valence-corrected chi connectivity index (χ2v) is 2.70. The third-order valence-corrected chi connectivity index (χ3v) is 1.88. The molecule has 0 aliphatic heterocycles. The summed E-state index contributed by atoms with van der Waals surface area (Å²) in [5.41, 5.74) is 0.987. The van der Waals surface area contributed by atoms with Crippen LogP contribution >= 0.6 is 0 Å². The van der Waals surface area contributed by atoms with Crippen LogP contribution in [0.4, 0.5) is 0 Å². The molecule has 0 amide bonds. The van der Waals surface area contributed by atoms with Crippen LogP contribution in [0.1, 0.15) is 15.9 Å². The van der Waals surface area contributed by atoms with E-state index in [4.69, 9.17) is 14.6 Å². The quantitative estimate of drug-likeness (QED) is 0.730. The Labute approximate surface area is 82.1 Å². The third kappa shape index (κ3) is 1.85. The molecule has 0 aromatic heterocycles. The summed E-state index contributed by atoms with van der Waals surface area (Å²) < 4.78 is 10.0. The van der Waals surface area contributed by atoms with Crippen LogP contribution in [-0.2, 0) is 6.61 Å². The highest BCUT2D eigenvalue weighted by atomic mass is 16.5. The Balaban J connectivity index is 3.31. The Morgan fingerprint density at radius 3 is 2.50 bits per heavy atom. The van der Waals surface area contributed by atoms with Crippen LogP contribution in [0.2, 0.25) is 0 Å². The van der Waals surface area contributed by atoms with Crippen molar-refractivity contribution in [3.63, 3.8) is 0 Å². The van der Waals surface area contributed by atoms with E-state index in [0.717, 1.165) is 0 Å². The summed E-state index contributed by atoms with van der Waals surface area (Å²) in [6.45, 7) is -0.138. The number of hydrogen-bond acceptors (Lipinski definition) is 4. The average Bonchev–Trinajstić information content (AvgIpc) is 2.26. The predicted molar refractivity (Wildman–Crippen MR) is 50.9 cm³/mol. The number of carbonyl (C=O) groups excluding carboxylic acids is 1. The first kappa shape index (κ1) is 10.5. The fourth-order valence-electron chi connectivity index (χ4n) is 1.23. The first-order chi connectivity index (χ1) is 6.76. The van der Waals surface area contributed by atoms with E-state index in [1.807, 2.05) is 0 Å². The van der Waals surface area contributed by atoms with E-state index < -0.39 is 0 Å². The van der Waals surface area contributed by atoms with Crippen molar-refractivity contribution >= 4 is 6.29 Å². The molecule has 0 heterocycles. The van der Waals surface area contributed by atoms with E-state index in [2.05, 4.69) is 0 Å². The van der Waals surface area contributed by atoms with Gasteiger partial charge in [0.25, 0.3) is 0 Å². The zero-order valence-electron chi connectivity index (χ0n) is 8.11. The fourth-order valence-corrected chi connectivity index (χ4v) is 1.23. The first-order valence-corrected chi connectivity index (χ1v) is 4.07. The van der Waals surface area contributed by atoms with Crippen LogP contribution in [0, 0.1) is 0 Å². The predicted octanol–water partition coefficient (Wildman–Crippen LogP) is 1.01. The summed E-state index contributed by atoms with van der Waals surface area (Å²) in [6.07, 6.45) is 0.667. The van der Waals surface area contributed by atoms with Gasteiger partial charge < -0.3 is 14.6 Å². The lowest BCUT2D eigenvalue weighted by Gasteiger charge is -2.10. The minimum Gasteiger partial charge on any atom is -0.493 e. The molecule has 0 aliphatic rings. The van der Waals surface area contributed by atoms with Crippen molar-refractivity contribution in [2.75, 3.05) is 14.2 Å². The Hall–Kier alpha value is -1.55. The number of carbonyl (C=O) groups is 1. The highest BCUT2D eigenvalue weighted by Gasteiger charge is 2.11. The van der Waals surface area contributed by atoms with Gasteiger partial charge in [-0.2, -0.15) is 0 Å². The van der Waals surface area contributed by atoms with E-state index >= 15 is 0 Å². The number of rotatable bonds is 4. The zero-order chi connectivity index (χ0) is 10.6. The van der Waals surface area contributed by atoms with Gasteiger partial charge in [0.1, 0.15) is 0 Å². The highest BCUT2D eigenvalue weighted by molar-refractivity contribution is 5.81. The van der Waals surface area contributed by atoms with Gasteiger partial charge in [-0.15, -0.1) is 0 Å². The van der Waals surface area contributed by atoms with Crippen molar-refractivity contribution in [2.45, 2.75) is 6.61 Å². The smallest absolute Gasteiger partial charge is 0.171 e. The maximum Gasteiger partial charge on any atom is 0.171 e. The van der Waals surface area contributed by atoms with Gasteiger partial charge >= 0.3 is 0 Å². The second-order valence-electron chi connectivity index (χ2n) is 2.70. The van der Waals surface area contributed by atoms with Crippen LogP contribution in [-0.4, -0.2) is 25.6 Å². The summed E-state index contributed by atoms with van der Waals surface area (Å²) in [5.74, 6) is 0.834. The maximum atomic E-state index is 10.7. The van der Waals surface area contributed by atoms with Gasteiger partial charge in [-0.3, -0.25) is 4.79 Å². The summed E-state index contributed by atoms with van der Waals surface area (Å²) in [7, 11) is 2.94. The van der Waals surface area contributed by atoms with Crippen LogP contribution in [0.5, 0.6) is 11.5 Å². The van der Waals surface area contributed by atoms with Crippen molar-refractivity contribution < 1.29 is 19.4 Å². The number of hydrogen-bond donors (Lipinski definition) is 1. The fraction of sp³-hybridized carbons (Fsp3) is 0.300. The van der Waals surface area contributed by atoms with Crippen molar-refractivity contribution in [3.8, 4) is 11.5 Å². The standard InChI is InChI=1S/C10H12O4/c1-13-9-4-7(5-11)3-8(6-12)10(9)14-2/h3-4,6,11H,5H2,1-2H3. The van der Waals surface area contributed by atoms with Gasteiger partial charge in [-0.05, 0) is 17.7 Å². The molecule has 0 radical (unpaired) electrons. The Kier molecular flexibility index (Phi) is 3.48. The zero-order valence-corrected chi connectivity index (χ0v) is 8.11. The lowest BCUT2D eigenvalue weighted by Crippen LogP contribution is -1.97. The van der Waals surface area contributed by atoms with Crippen molar-refractivity contribution in [1.29, 1.82) is 0 Å². The van der Waals surface area contributed by atoms with Crippen molar-refractivity contribution in [1.82, 2.24) is 0 Å². The van der Waals surface area contributed by atoms with Gasteiger partial charge in [0, 0.05) is 0 Å². The summed E-state index contributed by atoms with van der Waals surface area (Å²) in [6, 6.07) is 3.19. The lowest BCUT2D eigenvalue weighted by molar-refractivity contribution is 0.111. The Morgan fingerprint density at radius 2 is 2.07 bits per heavy atom. The molecule has 1 aromatic carbocycles. The maximum absolute atomic E-state index is 10.7. The molecule has 1 aromatic rings. The van der Waals surface area contributed by atoms with Crippen LogP contribution in [0.25, 0.3) is 0 Å². The molecule has 4 heteroatoms. The molecule has 0 atom stereocenters. The van der Waals surface area contributed by atoms with E-state index in [1.54, 1.807) is 12.1 Å². The van der Waals surface area contributed by atoms with E-state index in [0.29, 0.717) is 28.9 Å². The number of aldehydes is 1. The highest BCUT2D eigenvalue weighted by Crippen LogP contribution is 2.31. The van der Waals surface area contributed by atoms with E-state index in [9.17, 15) is 4.79 Å². The molecule has 76 valence electrons. The number of aliphatic hydroxyl groups is 1. The molecule has 0 aliphatic carbocycles. The topological polar surface area (TPSA) is 55.8 Å². The number of benzene rings is 1. The van der Waals surface area contributed by atoms with Gasteiger partial charge in [-0.25, -0.2) is 0 Å². The molecule has 0 saturated heterocycles. The molecule has 0 spiro atoms. The van der Waals surface area contributed by atoms with Crippen molar-refractivity contribution in [2.24, 2.45) is 0 Å². The second kappa shape index (κ2) is 4.62. The van der Waals surface area contributed by atoms with Crippen molar-refractivity contribution in [3.05, 3.63) is 23.3 Å². The molecule has 0 fully saturated rings. The number of aliphatic hydroxyl groups excluding tert-OH is 1. The van der Waals surface area contributed by atoms with E-state index in [1.165, 1.54) is 14.2 Å². The summed E-state index contributed by atoms with van der Waals surface area (Å²) in [5, 5.41) is 8.93. The molecule has 1 N–H and O–H groups in total. The largest absolute Gasteiger partial charge is 0.493 e. The normalized spacial score (nSPS) is 9.64. The summed E-state index contributed by atoms with van der Waals surface area (Å²) in [4.78, 5) is 10.7. The van der Waals surface area contributed by atoms with Gasteiger partial charge in [0.05, 0.1) is 26.4 Å². The molecule has 14 heavy (non-hydrogen) atoms. The van der Waals surface area contributed by atoms with Gasteiger partial charge in [0.2, 0.25) is 0 Å².